The molecule has 3 heteroatoms. The summed E-state index contributed by atoms with van der Waals surface area (Å²) >= 11 is 0. The van der Waals surface area contributed by atoms with Crippen molar-refractivity contribution in [3.05, 3.63) is 0 Å². The summed E-state index contributed by atoms with van der Waals surface area (Å²) in [6.45, 7) is 3.97. The highest BCUT2D eigenvalue weighted by Gasteiger charge is 2.08. The Morgan fingerprint density at radius 2 is 1.54 bits per heavy atom. The molecular weight excluding hydrogens is 166 g/mol. The van der Waals surface area contributed by atoms with Crippen LogP contribution in [0.2, 0.25) is 0 Å². The fourth-order valence-corrected chi connectivity index (χ4v) is 0.991. The van der Waals surface area contributed by atoms with Crippen LogP contribution in [0.3, 0.4) is 0 Å². The maximum atomic E-state index is 11.0. The molecule has 2 amide bonds. The summed E-state index contributed by atoms with van der Waals surface area (Å²) in [7, 11) is 0. The van der Waals surface area contributed by atoms with Crippen LogP contribution in [0, 0.1) is 0 Å². The first-order valence-electron chi connectivity index (χ1n) is 4.98. The monoisotopic (exact) mass is 184 g/mol. The van der Waals surface area contributed by atoms with E-state index < -0.39 is 0 Å². The standard InChI is InChI=1S/C10H18NO2/c1-3-5-6-8-10(13)11-9(12)7-4-2/h3-8H2,1-2H3. The predicted octanol–water partition coefficient (Wildman–Crippen LogP) is 2.02. The summed E-state index contributed by atoms with van der Waals surface area (Å²) in [5.74, 6) is -0.532. The highest BCUT2D eigenvalue weighted by molar-refractivity contribution is 5.94. The number of hydrogen-bond acceptors (Lipinski definition) is 2. The lowest BCUT2D eigenvalue weighted by Gasteiger charge is -1.98. The van der Waals surface area contributed by atoms with Crippen LogP contribution in [0.4, 0.5) is 0 Å². The first-order chi connectivity index (χ1) is 6.20. The fraction of sp³-hybridized carbons (Fsp3) is 0.800. The Labute approximate surface area is 79.9 Å². The van der Waals surface area contributed by atoms with E-state index in [1.807, 2.05) is 6.92 Å². The lowest BCUT2D eigenvalue weighted by molar-refractivity contribution is -0.130. The topological polar surface area (TPSA) is 48.2 Å². The van der Waals surface area contributed by atoms with Gasteiger partial charge in [0.05, 0.1) is 0 Å². The minimum atomic E-state index is -0.274. The molecule has 0 rings (SSSR count). The van der Waals surface area contributed by atoms with E-state index in [0.29, 0.717) is 12.8 Å². The molecule has 1 radical (unpaired) electrons. The van der Waals surface area contributed by atoms with Crippen LogP contribution in [0.15, 0.2) is 0 Å². The van der Waals surface area contributed by atoms with Crippen molar-refractivity contribution in [3.63, 3.8) is 0 Å². The first kappa shape index (κ1) is 12.1. The van der Waals surface area contributed by atoms with Gasteiger partial charge in [-0.1, -0.05) is 26.7 Å². The van der Waals surface area contributed by atoms with E-state index >= 15 is 0 Å². The third kappa shape index (κ3) is 7.50. The van der Waals surface area contributed by atoms with Crippen molar-refractivity contribution >= 4 is 11.8 Å². The van der Waals surface area contributed by atoms with Gasteiger partial charge in [0.1, 0.15) is 0 Å². The average Bonchev–Trinajstić information content (AvgIpc) is 2.05. The number of carbonyl (C=O) groups is 2. The van der Waals surface area contributed by atoms with Crippen LogP contribution in [0.1, 0.15) is 52.4 Å². The van der Waals surface area contributed by atoms with Crippen LogP contribution < -0.4 is 5.32 Å². The number of nitrogens with zero attached hydrogens (tertiary/aromatic N) is 1. The van der Waals surface area contributed by atoms with Crippen molar-refractivity contribution in [1.82, 2.24) is 5.32 Å². The van der Waals surface area contributed by atoms with Gasteiger partial charge in [0, 0.05) is 12.8 Å². The fourth-order valence-electron chi connectivity index (χ4n) is 0.991. The molecule has 3 nitrogen and oxygen atoms in total. The van der Waals surface area contributed by atoms with Gasteiger partial charge < -0.3 is 0 Å². The quantitative estimate of drug-likeness (QED) is 0.593. The maximum absolute atomic E-state index is 11.0. The molecule has 0 aliphatic rings. The number of imide groups is 1. The lowest BCUT2D eigenvalue weighted by atomic mass is 10.2. The van der Waals surface area contributed by atoms with E-state index in [0.717, 1.165) is 25.7 Å². The molecule has 0 N–H and O–H groups in total. The zero-order chi connectivity index (χ0) is 10.1. The van der Waals surface area contributed by atoms with Crippen molar-refractivity contribution in [3.8, 4) is 0 Å². The number of unbranched alkanes of at least 4 members (excludes halogenated alkanes) is 2. The predicted molar refractivity (Wildman–Crippen MR) is 51.2 cm³/mol. The SMILES string of the molecule is CCCCCC(=O)[N]C(=O)CCC. The van der Waals surface area contributed by atoms with Gasteiger partial charge in [0.2, 0.25) is 11.8 Å². The summed E-state index contributed by atoms with van der Waals surface area (Å²) in [5, 5.41) is 3.46. The second kappa shape index (κ2) is 7.77. The Balaban J connectivity index is 3.44. The van der Waals surface area contributed by atoms with E-state index in [1.165, 1.54) is 0 Å². The smallest absolute Gasteiger partial charge is 0.248 e. The summed E-state index contributed by atoms with van der Waals surface area (Å²) < 4.78 is 0. The Bertz CT molecular complexity index is 166. The second-order valence-corrected chi connectivity index (χ2v) is 3.11. The Hall–Kier alpha value is -0.860. The van der Waals surface area contributed by atoms with Gasteiger partial charge >= 0.3 is 0 Å². The minimum absolute atomic E-state index is 0.257. The van der Waals surface area contributed by atoms with Crippen LogP contribution in [-0.2, 0) is 9.59 Å². The second-order valence-electron chi connectivity index (χ2n) is 3.11. The Morgan fingerprint density at radius 1 is 0.923 bits per heavy atom. The molecule has 0 aromatic carbocycles. The number of amides is 2. The molecule has 0 aliphatic carbocycles. The van der Waals surface area contributed by atoms with Crippen molar-refractivity contribution in [2.45, 2.75) is 52.4 Å². The Kier molecular flexibility index (Phi) is 7.26. The number of hydrogen-bond donors (Lipinski definition) is 0. The van der Waals surface area contributed by atoms with E-state index in [1.54, 1.807) is 0 Å². The molecule has 0 aromatic heterocycles. The lowest BCUT2D eigenvalue weighted by Crippen LogP contribution is -2.22. The zero-order valence-corrected chi connectivity index (χ0v) is 8.51. The van der Waals surface area contributed by atoms with Crippen molar-refractivity contribution in [1.29, 1.82) is 0 Å². The molecule has 0 atom stereocenters. The molecule has 13 heavy (non-hydrogen) atoms. The highest BCUT2D eigenvalue weighted by atomic mass is 16.2. The van der Waals surface area contributed by atoms with Gasteiger partial charge in [-0.25, -0.2) is 0 Å². The van der Waals surface area contributed by atoms with E-state index in [9.17, 15) is 9.59 Å². The van der Waals surface area contributed by atoms with Gasteiger partial charge in [-0.3, -0.25) is 9.59 Å². The van der Waals surface area contributed by atoms with Gasteiger partial charge in [-0.15, -0.1) is 0 Å². The van der Waals surface area contributed by atoms with E-state index in [4.69, 9.17) is 0 Å². The number of rotatable bonds is 6. The van der Waals surface area contributed by atoms with Gasteiger partial charge in [-0.2, -0.15) is 5.32 Å². The molecule has 0 fully saturated rings. The highest BCUT2D eigenvalue weighted by Crippen LogP contribution is 1.99. The molecule has 0 heterocycles. The van der Waals surface area contributed by atoms with Crippen LogP contribution in [0.25, 0.3) is 0 Å². The summed E-state index contributed by atoms with van der Waals surface area (Å²) in [5.41, 5.74) is 0. The van der Waals surface area contributed by atoms with Crippen molar-refractivity contribution < 1.29 is 9.59 Å². The molecule has 0 aromatic rings. The minimum Gasteiger partial charge on any atom is -0.273 e. The molecule has 0 unspecified atom stereocenters. The third-order valence-corrected chi connectivity index (χ3v) is 1.71. The van der Waals surface area contributed by atoms with Gasteiger partial charge in [-0.05, 0) is 12.8 Å². The van der Waals surface area contributed by atoms with Crippen molar-refractivity contribution in [2.75, 3.05) is 0 Å². The molecule has 75 valence electrons. The summed E-state index contributed by atoms with van der Waals surface area (Å²) in [4.78, 5) is 21.9. The zero-order valence-electron chi connectivity index (χ0n) is 8.51. The molecule has 0 saturated carbocycles. The average molecular weight is 184 g/mol. The van der Waals surface area contributed by atoms with Crippen LogP contribution >= 0.6 is 0 Å². The molecule has 0 saturated heterocycles. The van der Waals surface area contributed by atoms with E-state index in [-0.39, 0.29) is 11.8 Å². The van der Waals surface area contributed by atoms with Crippen molar-refractivity contribution in [2.24, 2.45) is 0 Å². The first-order valence-corrected chi connectivity index (χ1v) is 4.98. The molecule has 0 spiro atoms. The molecule has 0 bridgehead atoms. The third-order valence-electron chi connectivity index (χ3n) is 1.71. The normalized spacial score (nSPS) is 9.69. The van der Waals surface area contributed by atoms with Gasteiger partial charge in [0.15, 0.2) is 0 Å². The maximum Gasteiger partial charge on any atom is 0.248 e. The van der Waals surface area contributed by atoms with Gasteiger partial charge in [0.25, 0.3) is 0 Å². The largest absolute Gasteiger partial charge is 0.273 e. The summed E-state index contributed by atoms with van der Waals surface area (Å²) in [6.07, 6.45) is 4.52. The van der Waals surface area contributed by atoms with E-state index in [2.05, 4.69) is 12.2 Å². The molecular formula is C10H18NO2. The van der Waals surface area contributed by atoms with Crippen LogP contribution in [0.5, 0.6) is 0 Å². The molecule has 0 aliphatic heterocycles. The Morgan fingerprint density at radius 3 is 2.08 bits per heavy atom. The summed E-state index contributed by atoms with van der Waals surface area (Å²) in [6, 6.07) is 0. The number of carbonyl (C=O) groups excluding carboxylic acids is 2. The van der Waals surface area contributed by atoms with Crippen LogP contribution in [-0.4, -0.2) is 11.8 Å².